The number of benzene rings is 1. The Kier molecular flexibility index (Phi) is 4.35. The minimum Gasteiger partial charge on any atom is -0.460 e. The van der Waals surface area contributed by atoms with Gasteiger partial charge >= 0.3 is 6.01 Å². The van der Waals surface area contributed by atoms with Crippen LogP contribution in [0.1, 0.15) is 23.2 Å². The van der Waals surface area contributed by atoms with Crippen LogP contribution in [0.3, 0.4) is 0 Å². The number of Topliss-reactive ketones (excluding diaryl/α,β-unsaturated/α-hetero) is 1. The van der Waals surface area contributed by atoms with Gasteiger partial charge in [0.05, 0.1) is 5.56 Å². The molecule has 1 N–H and O–H groups in total. The Morgan fingerprint density at radius 1 is 1.08 bits per heavy atom. The highest BCUT2D eigenvalue weighted by Gasteiger charge is 2.29. The number of hydrogen-bond acceptors (Lipinski definition) is 5. The van der Waals surface area contributed by atoms with Crippen LogP contribution in [-0.2, 0) is 4.79 Å². The molecule has 4 rings (SSSR count). The first kappa shape index (κ1) is 16.3. The number of ketones is 1. The fraction of sp³-hybridized carbons (Fsp3) is 0.263. The van der Waals surface area contributed by atoms with Gasteiger partial charge in [0.2, 0.25) is 0 Å². The molecule has 1 aromatic carbocycles. The number of nitrogens with zero attached hydrogens (tertiary/aromatic N) is 3. The number of fused-ring (bicyclic) bond motifs is 1. The number of aromatic nitrogens is 3. The molecule has 1 saturated heterocycles. The van der Waals surface area contributed by atoms with Crippen molar-refractivity contribution in [3.8, 4) is 6.01 Å². The van der Waals surface area contributed by atoms with Gasteiger partial charge in [0.1, 0.15) is 6.10 Å². The normalized spacial score (nSPS) is 15.2. The predicted octanol–water partition coefficient (Wildman–Crippen LogP) is 2.21. The lowest BCUT2D eigenvalue weighted by molar-refractivity contribution is -0.128. The number of para-hydroxylation sites is 1. The number of hydrogen-bond donors (Lipinski definition) is 1. The van der Waals surface area contributed by atoms with E-state index in [1.165, 1.54) is 0 Å². The molecule has 0 aliphatic carbocycles. The predicted molar refractivity (Wildman–Crippen MR) is 94.9 cm³/mol. The van der Waals surface area contributed by atoms with Gasteiger partial charge < -0.3 is 14.6 Å². The molecule has 1 aliphatic rings. The summed E-state index contributed by atoms with van der Waals surface area (Å²) in [5, 5.41) is 0.769. The first-order valence-corrected chi connectivity index (χ1v) is 8.56. The molecule has 0 atom stereocenters. The number of H-pyrrole nitrogens is 1. The van der Waals surface area contributed by atoms with Crippen molar-refractivity contribution in [1.82, 2.24) is 19.9 Å². The van der Waals surface area contributed by atoms with E-state index in [9.17, 15) is 9.59 Å². The zero-order valence-electron chi connectivity index (χ0n) is 14.1. The molecule has 0 unspecified atom stereocenters. The lowest BCUT2D eigenvalue weighted by Gasteiger charge is -2.31. The van der Waals surface area contributed by atoms with Gasteiger partial charge in [-0.3, -0.25) is 9.59 Å². The van der Waals surface area contributed by atoms with Crippen molar-refractivity contribution in [2.75, 3.05) is 13.1 Å². The third-order valence-corrected chi connectivity index (χ3v) is 4.57. The van der Waals surface area contributed by atoms with Crippen LogP contribution >= 0.6 is 0 Å². The number of carbonyl (C=O) groups excluding carboxylic acids is 2. The van der Waals surface area contributed by atoms with E-state index in [-0.39, 0.29) is 6.10 Å². The van der Waals surface area contributed by atoms with Crippen molar-refractivity contribution >= 4 is 22.6 Å². The highest BCUT2D eigenvalue weighted by Crippen LogP contribution is 2.21. The number of likely N-dealkylation sites (tertiary alicyclic amines) is 1. The van der Waals surface area contributed by atoms with Gasteiger partial charge in [-0.05, 0) is 12.1 Å². The van der Waals surface area contributed by atoms with Crippen LogP contribution in [0.4, 0.5) is 0 Å². The minimum absolute atomic E-state index is 0.0513. The molecule has 132 valence electrons. The van der Waals surface area contributed by atoms with E-state index in [1.54, 1.807) is 29.6 Å². The Morgan fingerprint density at radius 3 is 2.58 bits per heavy atom. The third kappa shape index (κ3) is 3.15. The van der Waals surface area contributed by atoms with Crippen LogP contribution in [0.2, 0.25) is 0 Å². The summed E-state index contributed by atoms with van der Waals surface area (Å²) < 4.78 is 5.72. The fourth-order valence-corrected chi connectivity index (χ4v) is 3.19. The Balaban J connectivity index is 1.39. The number of rotatable bonds is 4. The Hall–Kier alpha value is -3.22. The summed E-state index contributed by atoms with van der Waals surface area (Å²) >= 11 is 0. The van der Waals surface area contributed by atoms with E-state index in [0.29, 0.717) is 37.5 Å². The highest BCUT2D eigenvalue weighted by molar-refractivity contribution is 6.44. The highest BCUT2D eigenvalue weighted by atomic mass is 16.5. The third-order valence-electron chi connectivity index (χ3n) is 4.57. The zero-order valence-corrected chi connectivity index (χ0v) is 14.1. The first-order chi connectivity index (χ1) is 12.7. The van der Waals surface area contributed by atoms with E-state index in [4.69, 9.17) is 4.74 Å². The van der Waals surface area contributed by atoms with Crippen LogP contribution < -0.4 is 4.74 Å². The van der Waals surface area contributed by atoms with Gasteiger partial charge in [-0.25, -0.2) is 9.97 Å². The van der Waals surface area contributed by atoms with Crippen molar-refractivity contribution in [3.05, 3.63) is 54.5 Å². The molecule has 7 nitrogen and oxygen atoms in total. The number of piperidine rings is 1. The van der Waals surface area contributed by atoms with Crippen molar-refractivity contribution in [1.29, 1.82) is 0 Å². The van der Waals surface area contributed by atoms with Crippen LogP contribution in [-0.4, -0.2) is 50.7 Å². The largest absolute Gasteiger partial charge is 0.460 e. The minimum atomic E-state index is -0.479. The van der Waals surface area contributed by atoms with Crippen molar-refractivity contribution in [2.45, 2.75) is 18.9 Å². The van der Waals surface area contributed by atoms with Gasteiger partial charge in [-0.2, -0.15) is 0 Å². The van der Waals surface area contributed by atoms with Crippen LogP contribution in [0.15, 0.2) is 48.9 Å². The average molecular weight is 350 g/mol. The van der Waals surface area contributed by atoms with E-state index in [1.807, 2.05) is 24.3 Å². The molecule has 1 aliphatic heterocycles. The molecule has 1 amide bonds. The summed E-state index contributed by atoms with van der Waals surface area (Å²) in [4.78, 5) is 38.0. The van der Waals surface area contributed by atoms with E-state index in [0.717, 1.165) is 10.9 Å². The monoisotopic (exact) mass is 350 g/mol. The number of ether oxygens (including phenoxy) is 1. The quantitative estimate of drug-likeness (QED) is 0.576. The van der Waals surface area contributed by atoms with Crippen LogP contribution in [0.5, 0.6) is 6.01 Å². The molecule has 1 fully saturated rings. The van der Waals surface area contributed by atoms with Crippen molar-refractivity contribution in [3.63, 3.8) is 0 Å². The van der Waals surface area contributed by atoms with Crippen molar-refractivity contribution < 1.29 is 14.3 Å². The topological polar surface area (TPSA) is 88.2 Å². The van der Waals surface area contributed by atoms with Gasteiger partial charge in [-0.15, -0.1) is 0 Å². The lowest BCUT2D eigenvalue weighted by atomic mass is 10.0. The van der Waals surface area contributed by atoms with Gasteiger partial charge in [-0.1, -0.05) is 18.2 Å². The number of carbonyl (C=O) groups is 2. The molecule has 0 bridgehead atoms. The Labute approximate surface area is 150 Å². The summed E-state index contributed by atoms with van der Waals surface area (Å²) in [6, 6.07) is 9.52. The fourth-order valence-electron chi connectivity index (χ4n) is 3.19. The second-order valence-electron chi connectivity index (χ2n) is 6.22. The molecular weight excluding hydrogens is 332 g/mol. The summed E-state index contributed by atoms with van der Waals surface area (Å²) in [6.45, 7) is 0.953. The number of aromatic amines is 1. The molecule has 3 heterocycles. The molecular formula is C19H18N4O3. The van der Waals surface area contributed by atoms with Gasteiger partial charge in [0.15, 0.2) is 0 Å². The maximum absolute atomic E-state index is 12.6. The summed E-state index contributed by atoms with van der Waals surface area (Å²) in [6.07, 6.45) is 6.09. The summed E-state index contributed by atoms with van der Waals surface area (Å²) in [7, 11) is 0. The molecule has 0 spiro atoms. The van der Waals surface area contributed by atoms with E-state index in [2.05, 4.69) is 15.0 Å². The standard InChI is InChI=1S/C19H18N4O3/c24-17(15-12-22-16-5-2-1-4-14(15)16)18(25)23-10-6-13(7-11-23)26-19-20-8-3-9-21-19/h1-5,8-9,12-13,22H,6-7,10-11H2. The molecule has 26 heavy (non-hydrogen) atoms. The summed E-state index contributed by atoms with van der Waals surface area (Å²) in [5.74, 6) is -0.947. The number of amides is 1. The first-order valence-electron chi connectivity index (χ1n) is 8.56. The lowest BCUT2D eigenvalue weighted by Crippen LogP contribution is -2.44. The molecule has 0 saturated carbocycles. The average Bonchev–Trinajstić information content (AvgIpc) is 3.12. The maximum Gasteiger partial charge on any atom is 0.316 e. The van der Waals surface area contributed by atoms with E-state index < -0.39 is 11.7 Å². The smallest absolute Gasteiger partial charge is 0.316 e. The molecule has 2 aromatic heterocycles. The second kappa shape index (κ2) is 6.95. The zero-order chi connectivity index (χ0) is 17.9. The van der Waals surface area contributed by atoms with Crippen molar-refractivity contribution in [2.24, 2.45) is 0 Å². The second-order valence-corrected chi connectivity index (χ2v) is 6.22. The van der Waals surface area contributed by atoms with Gasteiger partial charge in [0.25, 0.3) is 11.7 Å². The Morgan fingerprint density at radius 2 is 1.81 bits per heavy atom. The summed E-state index contributed by atoms with van der Waals surface area (Å²) in [5.41, 5.74) is 1.26. The Bertz CT molecular complexity index is 930. The van der Waals surface area contributed by atoms with E-state index >= 15 is 0 Å². The molecule has 0 radical (unpaired) electrons. The van der Waals surface area contributed by atoms with Gasteiger partial charge in [0, 0.05) is 55.4 Å². The van der Waals surface area contributed by atoms with Crippen LogP contribution in [0.25, 0.3) is 10.9 Å². The molecule has 7 heteroatoms. The number of nitrogens with one attached hydrogen (secondary N) is 1. The van der Waals surface area contributed by atoms with Crippen LogP contribution in [0, 0.1) is 0 Å². The maximum atomic E-state index is 12.6. The SMILES string of the molecule is O=C(C(=O)N1CCC(Oc2ncccn2)CC1)c1c[nH]c2ccccc12. The molecule has 3 aromatic rings.